The van der Waals surface area contributed by atoms with Gasteiger partial charge < -0.3 is 48.2 Å². The number of aliphatic hydroxyl groups excluding tert-OH is 2. The summed E-state index contributed by atoms with van der Waals surface area (Å²) in [5, 5.41) is 25.0. The molecule has 1 saturated heterocycles. The van der Waals surface area contributed by atoms with Crippen molar-refractivity contribution in [3.05, 3.63) is 96.1 Å². The minimum absolute atomic E-state index is 0.0389. The van der Waals surface area contributed by atoms with Crippen LogP contribution in [-0.2, 0) is 25.6 Å². The number of carbonyl (C=O) groups excluding carboxylic acids is 1. The fraction of sp³-hybridized carbons (Fsp3) is 0.520. The van der Waals surface area contributed by atoms with Gasteiger partial charge in [0.25, 0.3) is 0 Å². The Hall–Kier alpha value is -4.73. The van der Waals surface area contributed by atoms with E-state index in [9.17, 15) is 15.0 Å². The molecule has 0 aromatic heterocycles. The summed E-state index contributed by atoms with van der Waals surface area (Å²) in [7, 11) is 0. The van der Waals surface area contributed by atoms with Gasteiger partial charge in [0.2, 0.25) is 18.9 Å². The first-order valence-electron chi connectivity index (χ1n) is 22.9. The van der Waals surface area contributed by atoms with E-state index in [0.29, 0.717) is 60.3 Å². The van der Waals surface area contributed by atoms with Crippen molar-refractivity contribution >= 4 is 23.6 Å². The third-order valence-corrected chi connectivity index (χ3v) is 13.8. The van der Waals surface area contributed by atoms with E-state index in [-0.39, 0.29) is 63.9 Å². The number of rotatable bonds is 20. The number of benzene rings is 3. The van der Waals surface area contributed by atoms with Crippen molar-refractivity contribution in [2.45, 2.75) is 107 Å². The van der Waals surface area contributed by atoms with Crippen molar-refractivity contribution in [1.29, 1.82) is 0 Å². The molecule has 3 aromatic rings. The maximum atomic E-state index is 14.6. The highest BCUT2D eigenvalue weighted by Gasteiger charge is 2.66. The Morgan fingerprint density at radius 2 is 1.75 bits per heavy atom. The van der Waals surface area contributed by atoms with Gasteiger partial charge in [0.1, 0.15) is 23.3 Å². The van der Waals surface area contributed by atoms with Crippen LogP contribution in [0.2, 0.25) is 0 Å². The van der Waals surface area contributed by atoms with E-state index in [1.54, 1.807) is 29.7 Å². The van der Waals surface area contributed by atoms with Gasteiger partial charge in [-0.3, -0.25) is 4.90 Å². The molecule has 0 spiro atoms. The van der Waals surface area contributed by atoms with Crippen LogP contribution in [0.1, 0.15) is 88.2 Å². The van der Waals surface area contributed by atoms with Gasteiger partial charge in [0.05, 0.1) is 31.5 Å². The molecule has 2 aliphatic carbocycles. The monoisotopic (exact) mass is 898 g/mol. The number of hydrogen-bond acceptors (Lipinski definition) is 13. The number of allylic oxidation sites excluding steroid dienone is 1. The average molecular weight is 899 g/mol. The van der Waals surface area contributed by atoms with Gasteiger partial charge in [-0.1, -0.05) is 36.2 Å². The zero-order chi connectivity index (χ0) is 44.5. The molecular weight excluding hydrogens is 837 g/mol. The summed E-state index contributed by atoms with van der Waals surface area (Å²) >= 11 is 1.67. The zero-order valence-corrected chi connectivity index (χ0v) is 37.8. The molecule has 2 N–H and O–H groups in total. The van der Waals surface area contributed by atoms with Crippen LogP contribution in [0, 0.1) is 17.8 Å². The van der Waals surface area contributed by atoms with Crippen LogP contribution >= 0.6 is 11.8 Å². The maximum Gasteiger partial charge on any atom is 0.410 e. The largest absolute Gasteiger partial charge is 0.459 e. The van der Waals surface area contributed by atoms with Crippen molar-refractivity contribution in [2.24, 2.45) is 22.9 Å². The first-order chi connectivity index (χ1) is 31.4. The zero-order valence-electron chi connectivity index (χ0n) is 37.0. The van der Waals surface area contributed by atoms with Crippen LogP contribution in [0.15, 0.2) is 95.0 Å². The average Bonchev–Trinajstić information content (AvgIpc) is 3.79. The van der Waals surface area contributed by atoms with Gasteiger partial charge in [-0.15, -0.1) is 18.3 Å². The molecule has 1 saturated carbocycles. The van der Waals surface area contributed by atoms with Crippen molar-refractivity contribution in [2.75, 3.05) is 46.1 Å². The number of aliphatic hydroxyl groups is 2. The Kier molecular flexibility index (Phi) is 15.4. The van der Waals surface area contributed by atoms with Gasteiger partial charge >= 0.3 is 6.09 Å². The molecule has 5 aliphatic rings. The van der Waals surface area contributed by atoms with E-state index < -0.39 is 30.1 Å². The normalized spacial score (nSPS) is 25.9. The van der Waals surface area contributed by atoms with Gasteiger partial charge in [-0.2, -0.15) is 0 Å². The lowest BCUT2D eigenvalue weighted by Gasteiger charge is -2.59. The van der Waals surface area contributed by atoms with E-state index in [1.807, 2.05) is 60.9 Å². The second-order valence-corrected chi connectivity index (χ2v) is 17.8. The maximum absolute atomic E-state index is 14.6. The second-order valence-electron chi connectivity index (χ2n) is 17.0. The Morgan fingerprint density at radius 3 is 2.50 bits per heavy atom. The molecule has 2 fully saturated rings. The second kappa shape index (κ2) is 21.5. The van der Waals surface area contributed by atoms with Crippen LogP contribution in [0.3, 0.4) is 0 Å². The molecule has 0 radical (unpaired) electrons. The molecule has 3 aliphatic heterocycles. The van der Waals surface area contributed by atoms with Gasteiger partial charge in [-0.25, -0.2) is 4.79 Å². The van der Waals surface area contributed by atoms with E-state index in [2.05, 4.69) is 18.7 Å². The molecule has 8 rings (SSSR count). The number of amides is 1. The predicted octanol–water partition coefficient (Wildman–Crippen LogP) is 9.75. The van der Waals surface area contributed by atoms with Gasteiger partial charge in [0, 0.05) is 49.0 Å². The lowest BCUT2D eigenvalue weighted by molar-refractivity contribution is -0.256. The number of nitrogens with zero attached hydrogens (tertiary/aromatic N) is 2. The summed E-state index contributed by atoms with van der Waals surface area (Å²) < 4.78 is 44.4. The topological polar surface area (TPSA) is 147 Å². The number of ether oxygens (including phenoxy) is 7. The van der Waals surface area contributed by atoms with Crippen molar-refractivity contribution in [3.8, 4) is 28.7 Å². The lowest BCUT2D eigenvalue weighted by atomic mass is 9.55. The van der Waals surface area contributed by atoms with E-state index in [0.717, 1.165) is 60.1 Å². The number of oxime groups is 1. The standard InChI is InChI=1S/C50H62N2O11S/c1-4-25-60-50-45(52(49(55)56-5-2)31-33-15-21-43-44(27-33)59-32-58-43)30-41(51-63-46-14-8-11-26-57-46)39-28-34(12-6-9-23-53)38(13-7-10-24-54)47(48(39)50)40-29-36(18-22-42(40)62-50)61-35-16-19-37(64-3)20-17-35/h4,15-22,27-29,34,38,45-48,53-54H,1,5-14,23-26,30-32H2,2-3H3/t34-,38+,45-,46?,47+,48+,50+/m0/s1. The predicted molar refractivity (Wildman–Crippen MR) is 243 cm³/mol. The van der Waals surface area contributed by atoms with Crippen molar-refractivity contribution in [1.82, 2.24) is 4.90 Å². The SMILES string of the molecule is C=CCO[C@@]12Oc3ccc(Oc4ccc(SC)cc4)cc3[C@H]3[C@H](CCCCO)[C@@H](CCCCO)C=C(C(=NOC4CCCCO4)C[C@@H]1N(Cc1ccc4c(c1)OCO4)C(=O)OCC)[C@H]32. The van der Waals surface area contributed by atoms with Crippen LogP contribution < -0.4 is 18.9 Å². The molecule has 64 heavy (non-hydrogen) atoms. The highest BCUT2D eigenvalue weighted by atomic mass is 32.2. The number of thioether (sulfide) groups is 1. The first-order valence-corrected chi connectivity index (χ1v) is 24.1. The summed E-state index contributed by atoms with van der Waals surface area (Å²) in [4.78, 5) is 23.8. The number of hydrogen-bond donors (Lipinski definition) is 2. The molecule has 13 nitrogen and oxygen atoms in total. The van der Waals surface area contributed by atoms with Crippen molar-refractivity contribution in [3.63, 3.8) is 0 Å². The number of carbonyl (C=O) groups is 1. The molecule has 344 valence electrons. The Labute approximate surface area is 380 Å². The summed E-state index contributed by atoms with van der Waals surface area (Å²) in [6, 6.07) is 18.9. The minimum Gasteiger partial charge on any atom is -0.459 e. The van der Waals surface area contributed by atoms with Crippen LogP contribution in [0.25, 0.3) is 0 Å². The first kappa shape index (κ1) is 45.8. The minimum atomic E-state index is -1.47. The molecule has 1 amide bonds. The number of fused-ring (bicyclic) bond motifs is 3. The highest BCUT2D eigenvalue weighted by molar-refractivity contribution is 7.98. The Bertz CT molecular complexity index is 2120. The molecule has 3 aromatic carbocycles. The van der Waals surface area contributed by atoms with Gasteiger partial charge in [0.15, 0.2) is 11.5 Å². The molecule has 1 unspecified atom stereocenters. The third-order valence-electron chi connectivity index (χ3n) is 13.0. The van der Waals surface area contributed by atoms with E-state index in [1.165, 1.54) is 0 Å². The third kappa shape index (κ3) is 9.91. The van der Waals surface area contributed by atoms with Crippen LogP contribution in [0.4, 0.5) is 4.79 Å². The van der Waals surface area contributed by atoms with E-state index >= 15 is 0 Å². The fourth-order valence-electron chi connectivity index (χ4n) is 10.2. The smallest absolute Gasteiger partial charge is 0.410 e. The van der Waals surface area contributed by atoms with Crippen molar-refractivity contribution < 1.29 is 53.0 Å². The van der Waals surface area contributed by atoms with Crippen LogP contribution in [0.5, 0.6) is 28.7 Å². The lowest BCUT2D eigenvalue weighted by Crippen LogP contribution is -2.70. The van der Waals surface area contributed by atoms with Crippen LogP contribution in [-0.4, -0.2) is 91.1 Å². The molecule has 7 atom stereocenters. The molecular formula is C50H62N2O11S. The summed E-state index contributed by atoms with van der Waals surface area (Å²) in [6.07, 6.45) is 12.5. The Balaban J connectivity index is 1.32. The number of unbranched alkanes of at least 4 members (excludes halogenated alkanes) is 2. The molecule has 3 heterocycles. The summed E-state index contributed by atoms with van der Waals surface area (Å²) in [6.45, 7) is 7.18. The molecule has 14 heteroatoms. The summed E-state index contributed by atoms with van der Waals surface area (Å²) in [5.41, 5.74) is 3.38. The summed E-state index contributed by atoms with van der Waals surface area (Å²) in [5.74, 6) is 1.13. The van der Waals surface area contributed by atoms with Gasteiger partial charge in [-0.05, 0) is 129 Å². The highest BCUT2D eigenvalue weighted by Crippen LogP contribution is 2.62. The molecule has 0 bridgehead atoms. The quantitative estimate of drug-likeness (QED) is 0.0482. The fourth-order valence-corrected chi connectivity index (χ4v) is 10.6. The van der Waals surface area contributed by atoms with E-state index in [4.69, 9.17) is 43.2 Å². The Morgan fingerprint density at radius 1 is 0.969 bits per heavy atom.